The summed E-state index contributed by atoms with van der Waals surface area (Å²) in [5.74, 6) is 0.110. The van der Waals surface area contributed by atoms with Gasteiger partial charge in [-0.3, -0.25) is 9.59 Å². The number of thiophene rings is 1. The molecule has 0 saturated heterocycles. The maximum atomic E-state index is 13.9. The van der Waals surface area contributed by atoms with Gasteiger partial charge < -0.3 is 10.6 Å². The molecule has 1 atom stereocenters. The number of hydrogen-bond donors (Lipinski definition) is 2. The van der Waals surface area contributed by atoms with E-state index in [-0.39, 0.29) is 23.7 Å². The first-order valence-corrected chi connectivity index (χ1v) is 15.1. The first-order valence-electron chi connectivity index (χ1n) is 13.4. The molecule has 3 aromatic carbocycles. The molecule has 2 N–H and O–H groups in total. The van der Waals surface area contributed by atoms with Gasteiger partial charge in [0.2, 0.25) is 5.91 Å². The van der Waals surface area contributed by atoms with E-state index >= 15 is 0 Å². The van der Waals surface area contributed by atoms with Crippen LogP contribution in [0.4, 0.5) is 5.13 Å². The summed E-state index contributed by atoms with van der Waals surface area (Å²) in [4.78, 5) is 32.3. The van der Waals surface area contributed by atoms with E-state index in [0.717, 1.165) is 22.6 Å². The van der Waals surface area contributed by atoms with Crippen LogP contribution in [-0.4, -0.2) is 16.8 Å². The van der Waals surface area contributed by atoms with Crippen LogP contribution < -0.4 is 10.6 Å². The van der Waals surface area contributed by atoms with E-state index in [9.17, 15) is 9.59 Å². The minimum absolute atomic E-state index is 0.00263. The lowest BCUT2D eigenvalue weighted by molar-refractivity contribution is -0.126. The largest absolute Gasteiger partial charge is 0.347 e. The lowest BCUT2D eigenvalue weighted by Gasteiger charge is -2.50. The fourth-order valence-electron chi connectivity index (χ4n) is 6.37. The van der Waals surface area contributed by atoms with Crippen LogP contribution in [0.2, 0.25) is 0 Å². The third-order valence-electron chi connectivity index (χ3n) is 8.32. The number of nitrogens with one attached hydrogen (secondary N) is 2. The summed E-state index contributed by atoms with van der Waals surface area (Å²) in [7, 11) is 0. The molecule has 5 nitrogen and oxygen atoms in total. The highest BCUT2D eigenvalue weighted by Gasteiger charge is 2.53. The minimum atomic E-state index is -0.586. The summed E-state index contributed by atoms with van der Waals surface area (Å²) >= 11 is 3.04. The molecule has 0 saturated carbocycles. The van der Waals surface area contributed by atoms with Crippen LogP contribution in [0.15, 0.2) is 95.7 Å². The first kappa shape index (κ1) is 24.9. The SMILES string of the molecule is CC1(C(=O)Nc2nc(-c3ccc(C(=O)NCc4cccs4)cc3)cs2)CC2c3ccccc3C1c1ccccc12. The van der Waals surface area contributed by atoms with E-state index in [1.165, 1.54) is 33.6 Å². The second kappa shape index (κ2) is 9.84. The van der Waals surface area contributed by atoms with Crippen molar-refractivity contribution in [2.45, 2.75) is 31.7 Å². The van der Waals surface area contributed by atoms with Gasteiger partial charge in [0.1, 0.15) is 0 Å². The van der Waals surface area contributed by atoms with Crippen LogP contribution in [0, 0.1) is 5.41 Å². The molecule has 0 fully saturated rings. The van der Waals surface area contributed by atoms with Crippen molar-refractivity contribution in [2.24, 2.45) is 5.41 Å². The molecule has 198 valence electrons. The number of benzene rings is 3. The Morgan fingerprint density at radius 2 is 1.55 bits per heavy atom. The Bertz CT molecular complexity index is 1680. The highest BCUT2D eigenvalue weighted by atomic mass is 32.1. The number of fused-ring (bicyclic) bond motifs is 1. The summed E-state index contributed by atoms with van der Waals surface area (Å²) < 4.78 is 0. The van der Waals surface area contributed by atoms with Gasteiger partial charge in [0.15, 0.2) is 5.13 Å². The van der Waals surface area contributed by atoms with Crippen molar-refractivity contribution in [3.63, 3.8) is 0 Å². The standard InChI is InChI=1S/C33H27N3O2S2/c1-33(17-27-23-8-2-4-10-25(23)29(33)26-11-5-3-9-24(26)27)31(38)36-32-35-28(19-40-32)20-12-14-21(15-13-20)30(37)34-18-22-7-6-16-39-22/h2-16,19,27,29H,17-18H2,1H3,(H,34,37)(H,35,36,38). The van der Waals surface area contributed by atoms with Gasteiger partial charge >= 0.3 is 0 Å². The van der Waals surface area contributed by atoms with Crippen LogP contribution in [0.25, 0.3) is 11.3 Å². The molecule has 3 aliphatic rings. The quantitative estimate of drug-likeness (QED) is 0.227. The zero-order chi connectivity index (χ0) is 27.3. The molecule has 5 aromatic rings. The third-order valence-corrected chi connectivity index (χ3v) is 9.95. The van der Waals surface area contributed by atoms with E-state index < -0.39 is 5.41 Å². The third kappa shape index (κ3) is 4.17. The predicted octanol–water partition coefficient (Wildman–Crippen LogP) is 7.43. The molecule has 3 aliphatic carbocycles. The normalized spacial score (nSPS) is 20.4. The zero-order valence-electron chi connectivity index (χ0n) is 21.9. The number of amides is 2. The average molecular weight is 562 g/mol. The number of nitrogens with zero attached hydrogens (tertiary/aromatic N) is 1. The number of carbonyl (C=O) groups is 2. The van der Waals surface area contributed by atoms with Crippen molar-refractivity contribution in [2.75, 3.05) is 5.32 Å². The van der Waals surface area contributed by atoms with Crippen molar-refractivity contribution in [1.82, 2.24) is 10.3 Å². The number of aromatic nitrogens is 1. The van der Waals surface area contributed by atoms with Gasteiger partial charge in [-0.05, 0) is 59.2 Å². The Hall–Kier alpha value is -4.07. The minimum Gasteiger partial charge on any atom is -0.347 e. The monoisotopic (exact) mass is 561 g/mol. The van der Waals surface area contributed by atoms with E-state index in [2.05, 4.69) is 66.1 Å². The fourth-order valence-corrected chi connectivity index (χ4v) is 7.73. The molecular formula is C33H27N3O2S2. The number of hydrogen-bond acceptors (Lipinski definition) is 5. The summed E-state index contributed by atoms with van der Waals surface area (Å²) in [5, 5.41) is 10.6. The molecular weight excluding hydrogens is 535 g/mol. The van der Waals surface area contributed by atoms with Crippen LogP contribution in [-0.2, 0) is 11.3 Å². The summed E-state index contributed by atoms with van der Waals surface area (Å²) in [6.07, 6.45) is 0.770. The summed E-state index contributed by atoms with van der Waals surface area (Å²) in [6.45, 7) is 2.62. The number of carbonyl (C=O) groups excluding carboxylic acids is 2. The zero-order valence-corrected chi connectivity index (χ0v) is 23.5. The lowest BCUT2D eigenvalue weighted by atomic mass is 9.52. The lowest BCUT2D eigenvalue weighted by Crippen LogP contribution is -2.47. The van der Waals surface area contributed by atoms with Crippen LogP contribution >= 0.6 is 22.7 Å². The van der Waals surface area contributed by atoms with E-state index in [4.69, 9.17) is 4.98 Å². The van der Waals surface area contributed by atoms with E-state index in [1.807, 2.05) is 47.2 Å². The molecule has 40 heavy (non-hydrogen) atoms. The molecule has 1 unspecified atom stereocenters. The van der Waals surface area contributed by atoms with Gasteiger partial charge in [-0.15, -0.1) is 22.7 Å². The molecule has 0 spiro atoms. The first-order chi connectivity index (χ1) is 19.5. The maximum Gasteiger partial charge on any atom is 0.251 e. The Labute approximate surface area is 240 Å². The molecule has 2 amide bonds. The van der Waals surface area contributed by atoms with E-state index in [0.29, 0.717) is 17.2 Å². The number of thiazole rings is 1. The van der Waals surface area contributed by atoms with Gasteiger partial charge in [-0.1, -0.05) is 66.7 Å². The second-order valence-corrected chi connectivity index (χ2v) is 12.6. The molecule has 2 bridgehead atoms. The van der Waals surface area contributed by atoms with Crippen molar-refractivity contribution in [3.8, 4) is 11.3 Å². The Morgan fingerprint density at radius 3 is 2.20 bits per heavy atom. The second-order valence-electron chi connectivity index (χ2n) is 10.7. The van der Waals surface area contributed by atoms with Crippen molar-refractivity contribution < 1.29 is 9.59 Å². The van der Waals surface area contributed by atoms with Crippen molar-refractivity contribution >= 4 is 39.6 Å². The van der Waals surface area contributed by atoms with Crippen molar-refractivity contribution in [3.05, 3.63) is 128 Å². The van der Waals surface area contributed by atoms with Gasteiger partial charge in [0.05, 0.1) is 17.7 Å². The Kier molecular flexibility index (Phi) is 6.13. The predicted molar refractivity (Wildman–Crippen MR) is 161 cm³/mol. The van der Waals surface area contributed by atoms with E-state index in [1.54, 1.807) is 11.3 Å². The Morgan fingerprint density at radius 1 is 0.875 bits per heavy atom. The van der Waals surface area contributed by atoms with Crippen LogP contribution in [0.1, 0.15) is 62.7 Å². The molecule has 0 radical (unpaired) electrons. The number of anilines is 1. The van der Waals surface area contributed by atoms with Gasteiger partial charge in [-0.2, -0.15) is 0 Å². The Balaban J connectivity index is 1.08. The molecule has 0 aliphatic heterocycles. The van der Waals surface area contributed by atoms with Gasteiger partial charge in [0.25, 0.3) is 5.91 Å². The van der Waals surface area contributed by atoms with Crippen LogP contribution in [0.3, 0.4) is 0 Å². The highest BCUT2D eigenvalue weighted by molar-refractivity contribution is 7.14. The van der Waals surface area contributed by atoms with Crippen molar-refractivity contribution in [1.29, 1.82) is 0 Å². The smallest absolute Gasteiger partial charge is 0.251 e. The highest BCUT2D eigenvalue weighted by Crippen LogP contribution is 2.61. The fraction of sp³-hybridized carbons (Fsp3) is 0.182. The van der Waals surface area contributed by atoms with Crippen LogP contribution in [0.5, 0.6) is 0 Å². The van der Waals surface area contributed by atoms with Gasteiger partial charge in [0, 0.05) is 33.2 Å². The molecule has 8 rings (SSSR count). The molecule has 7 heteroatoms. The van der Waals surface area contributed by atoms with Gasteiger partial charge in [-0.25, -0.2) is 4.98 Å². The average Bonchev–Trinajstić information content (AvgIpc) is 3.69. The number of rotatable bonds is 6. The summed E-state index contributed by atoms with van der Waals surface area (Å²) in [5.41, 5.74) is 6.90. The summed E-state index contributed by atoms with van der Waals surface area (Å²) in [6, 6.07) is 28.5. The topological polar surface area (TPSA) is 71.1 Å². The molecule has 2 aromatic heterocycles. The maximum absolute atomic E-state index is 13.9. The molecule has 2 heterocycles.